The molecule has 0 amide bonds. The highest BCUT2D eigenvalue weighted by molar-refractivity contribution is 7.80. The molecule has 0 spiro atoms. The first-order valence-electron chi connectivity index (χ1n) is 12.3. The molecular formula is C31H24ClN3O2S. The van der Waals surface area contributed by atoms with Crippen LogP contribution in [0, 0.1) is 6.92 Å². The van der Waals surface area contributed by atoms with E-state index in [0.29, 0.717) is 10.1 Å². The van der Waals surface area contributed by atoms with E-state index in [0.717, 1.165) is 45.5 Å². The zero-order chi connectivity index (χ0) is 26.1. The van der Waals surface area contributed by atoms with Gasteiger partial charge in [-0.05, 0) is 91.4 Å². The summed E-state index contributed by atoms with van der Waals surface area (Å²) in [6.07, 6.45) is 1.79. The molecule has 2 aromatic heterocycles. The van der Waals surface area contributed by atoms with E-state index in [-0.39, 0.29) is 12.1 Å². The summed E-state index contributed by atoms with van der Waals surface area (Å²) < 4.78 is 12.5. The van der Waals surface area contributed by atoms with Crippen molar-refractivity contribution >= 4 is 34.6 Å². The Bertz CT molecular complexity index is 1570. The minimum atomic E-state index is -0.258. The van der Waals surface area contributed by atoms with Gasteiger partial charge in [0.05, 0.1) is 11.7 Å². The largest absolute Gasteiger partial charge is 0.459 e. The van der Waals surface area contributed by atoms with Crippen molar-refractivity contribution in [2.45, 2.75) is 19.0 Å². The Morgan fingerprint density at radius 1 is 0.868 bits per heavy atom. The summed E-state index contributed by atoms with van der Waals surface area (Å²) in [5.74, 6) is 3.05. The molecule has 1 fully saturated rings. The Kier molecular flexibility index (Phi) is 6.58. The van der Waals surface area contributed by atoms with Gasteiger partial charge in [-0.1, -0.05) is 48.0 Å². The monoisotopic (exact) mass is 537 g/mol. The Balaban J connectivity index is 1.37. The number of pyridine rings is 1. The first-order valence-corrected chi connectivity index (χ1v) is 13.1. The van der Waals surface area contributed by atoms with Gasteiger partial charge in [-0.25, -0.2) is 0 Å². The summed E-state index contributed by atoms with van der Waals surface area (Å²) in [6.45, 7) is 1.99. The maximum Gasteiger partial charge on any atom is 0.174 e. The SMILES string of the molecule is Cc1c(Cl)cccc1-c1ccc([C@@H]2[C@@H](c3ccccn3)NC(=S)N2c2ccc(Oc3ccccc3)cc2)o1. The maximum absolute atomic E-state index is 6.49. The molecule has 38 heavy (non-hydrogen) atoms. The van der Waals surface area contributed by atoms with E-state index in [1.54, 1.807) is 6.20 Å². The second-order valence-electron chi connectivity index (χ2n) is 9.02. The van der Waals surface area contributed by atoms with Crippen LogP contribution in [-0.4, -0.2) is 10.1 Å². The van der Waals surface area contributed by atoms with Crippen molar-refractivity contribution in [3.05, 3.63) is 131 Å². The highest BCUT2D eigenvalue weighted by Gasteiger charge is 2.42. The number of nitrogens with one attached hydrogen (secondary N) is 1. The highest BCUT2D eigenvalue weighted by atomic mass is 35.5. The Labute approximate surface area is 231 Å². The highest BCUT2D eigenvalue weighted by Crippen LogP contribution is 2.43. The topological polar surface area (TPSA) is 50.5 Å². The standard InChI is InChI=1S/C31H24ClN3O2S/c1-20-24(10-7-11-25(20)32)27-17-18-28(37-27)30-29(26-12-5-6-19-33-26)34-31(38)35(30)21-13-15-23(16-14-21)36-22-8-3-2-4-9-22/h2-19,29-30H,1H3,(H,34,38)/t29-,30-/m1/s1. The van der Waals surface area contributed by atoms with Crippen molar-refractivity contribution in [3.8, 4) is 22.8 Å². The predicted molar refractivity (Wildman–Crippen MR) is 155 cm³/mol. The van der Waals surface area contributed by atoms with E-state index in [4.69, 9.17) is 33.0 Å². The quantitative estimate of drug-likeness (QED) is 0.220. The molecule has 2 atom stereocenters. The third-order valence-corrected chi connectivity index (χ3v) is 7.37. The average molecular weight is 538 g/mol. The molecule has 7 heteroatoms. The molecule has 0 aliphatic carbocycles. The number of benzene rings is 3. The number of nitrogens with zero attached hydrogens (tertiary/aromatic N) is 2. The van der Waals surface area contributed by atoms with Crippen molar-refractivity contribution in [2.24, 2.45) is 0 Å². The van der Waals surface area contributed by atoms with Crippen LogP contribution in [0.2, 0.25) is 5.02 Å². The fourth-order valence-electron chi connectivity index (χ4n) is 4.75. The molecular weight excluding hydrogens is 514 g/mol. The van der Waals surface area contributed by atoms with Gasteiger partial charge in [-0.15, -0.1) is 0 Å². The Morgan fingerprint density at radius 3 is 2.39 bits per heavy atom. The van der Waals surface area contributed by atoms with Crippen LogP contribution in [0.15, 0.2) is 114 Å². The average Bonchev–Trinajstić information content (AvgIpc) is 3.56. The van der Waals surface area contributed by atoms with Gasteiger partial charge in [-0.3, -0.25) is 4.98 Å². The van der Waals surface area contributed by atoms with Crippen LogP contribution in [0.3, 0.4) is 0 Å². The number of rotatable bonds is 6. The van der Waals surface area contributed by atoms with E-state index in [9.17, 15) is 0 Å². The first kappa shape index (κ1) is 24.2. The summed E-state index contributed by atoms with van der Waals surface area (Å²) in [4.78, 5) is 6.70. The van der Waals surface area contributed by atoms with Gasteiger partial charge in [0.1, 0.15) is 29.1 Å². The number of hydrogen-bond donors (Lipinski definition) is 1. The fourth-order valence-corrected chi connectivity index (χ4v) is 5.27. The normalized spacial score (nSPS) is 16.9. The lowest BCUT2D eigenvalue weighted by atomic mass is 10.0. The summed E-state index contributed by atoms with van der Waals surface area (Å²) >= 11 is 12.2. The summed E-state index contributed by atoms with van der Waals surface area (Å²) in [5, 5.41) is 4.77. The lowest BCUT2D eigenvalue weighted by Gasteiger charge is -2.26. The molecule has 6 rings (SSSR count). The van der Waals surface area contributed by atoms with Gasteiger partial charge in [-0.2, -0.15) is 0 Å². The van der Waals surface area contributed by atoms with E-state index in [2.05, 4.69) is 15.2 Å². The van der Waals surface area contributed by atoms with E-state index < -0.39 is 0 Å². The molecule has 1 saturated heterocycles. The lowest BCUT2D eigenvalue weighted by Crippen LogP contribution is -2.29. The molecule has 5 aromatic rings. The van der Waals surface area contributed by atoms with Crippen LogP contribution >= 0.6 is 23.8 Å². The maximum atomic E-state index is 6.49. The van der Waals surface area contributed by atoms with Gasteiger partial charge in [0, 0.05) is 22.5 Å². The molecule has 5 nitrogen and oxygen atoms in total. The van der Waals surface area contributed by atoms with Crippen LogP contribution < -0.4 is 15.0 Å². The zero-order valence-corrected chi connectivity index (χ0v) is 22.1. The summed E-state index contributed by atoms with van der Waals surface area (Å²) in [6, 6.07) is 32.8. The molecule has 3 aromatic carbocycles. The van der Waals surface area contributed by atoms with Crippen molar-refractivity contribution in [1.29, 1.82) is 0 Å². The van der Waals surface area contributed by atoms with Crippen LogP contribution in [0.1, 0.15) is 29.1 Å². The predicted octanol–water partition coefficient (Wildman–Crippen LogP) is 8.27. The second kappa shape index (κ2) is 10.3. The third-order valence-electron chi connectivity index (χ3n) is 6.64. The van der Waals surface area contributed by atoms with Crippen molar-refractivity contribution < 1.29 is 9.15 Å². The van der Waals surface area contributed by atoms with Gasteiger partial charge < -0.3 is 19.4 Å². The Morgan fingerprint density at radius 2 is 1.63 bits per heavy atom. The number of thiocarbonyl (C=S) groups is 1. The van der Waals surface area contributed by atoms with E-state index in [1.165, 1.54) is 0 Å². The fraction of sp³-hybridized carbons (Fsp3) is 0.0968. The van der Waals surface area contributed by atoms with E-state index >= 15 is 0 Å². The smallest absolute Gasteiger partial charge is 0.174 e. The van der Waals surface area contributed by atoms with Gasteiger partial charge in [0.15, 0.2) is 5.11 Å². The molecule has 3 heterocycles. The number of ether oxygens (including phenoxy) is 1. The molecule has 0 bridgehead atoms. The molecule has 1 aliphatic heterocycles. The molecule has 0 saturated carbocycles. The number of anilines is 1. The van der Waals surface area contributed by atoms with Crippen molar-refractivity contribution in [2.75, 3.05) is 4.90 Å². The summed E-state index contributed by atoms with van der Waals surface area (Å²) in [7, 11) is 0. The van der Waals surface area contributed by atoms with Crippen LogP contribution in [0.25, 0.3) is 11.3 Å². The van der Waals surface area contributed by atoms with Crippen LogP contribution in [0.5, 0.6) is 11.5 Å². The van der Waals surface area contributed by atoms with E-state index in [1.807, 2.05) is 110 Å². The number of aromatic nitrogens is 1. The van der Waals surface area contributed by atoms with Crippen LogP contribution in [-0.2, 0) is 0 Å². The number of para-hydroxylation sites is 1. The van der Waals surface area contributed by atoms with Gasteiger partial charge in [0.2, 0.25) is 0 Å². The van der Waals surface area contributed by atoms with Crippen molar-refractivity contribution in [3.63, 3.8) is 0 Å². The molecule has 0 unspecified atom stereocenters. The minimum absolute atomic E-state index is 0.205. The number of hydrogen-bond acceptors (Lipinski definition) is 4. The first-order chi connectivity index (χ1) is 18.6. The van der Waals surface area contributed by atoms with Gasteiger partial charge >= 0.3 is 0 Å². The van der Waals surface area contributed by atoms with Crippen molar-refractivity contribution in [1.82, 2.24) is 10.3 Å². The third kappa shape index (κ3) is 4.64. The number of halogens is 1. The molecule has 1 aliphatic rings. The molecule has 188 valence electrons. The molecule has 0 radical (unpaired) electrons. The summed E-state index contributed by atoms with van der Waals surface area (Å²) in [5.41, 5.74) is 3.73. The number of furan rings is 1. The van der Waals surface area contributed by atoms with Crippen LogP contribution in [0.4, 0.5) is 5.69 Å². The second-order valence-corrected chi connectivity index (χ2v) is 9.81. The zero-order valence-electron chi connectivity index (χ0n) is 20.5. The lowest BCUT2D eigenvalue weighted by molar-refractivity contribution is 0.439. The molecule has 1 N–H and O–H groups in total. The Hall–Kier alpha value is -4.13. The van der Waals surface area contributed by atoms with Gasteiger partial charge in [0.25, 0.3) is 0 Å². The minimum Gasteiger partial charge on any atom is -0.459 e.